The number of alkyl halides is 14. The van der Waals surface area contributed by atoms with Gasteiger partial charge in [0, 0.05) is 13.1 Å². The van der Waals surface area contributed by atoms with Crippen LogP contribution in [-0.4, -0.2) is 92.4 Å². The molecule has 0 saturated heterocycles. The van der Waals surface area contributed by atoms with Gasteiger partial charge in [0.05, 0.1) is 6.61 Å². The molecule has 17 heteroatoms. The molecule has 0 aliphatic carbocycles. The highest BCUT2D eigenvalue weighted by molar-refractivity contribution is 4.95. The smallest absolute Gasteiger partial charge is 0.371 e. The minimum Gasteiger partial charge on any atom is -0.371 e. The van der Waals surface area contributed by atoms with Crippen LogP contribution < -0.4 is 0 Å². The van der Waals surface area contributed by atoms with Gasteiger partial charge in [0.2, 0.25) is 0 Å². The van der Waals surface area contributed by atoms with E-state index < -0.39 is 82.0 Å². The molecule has 0 aromatic heterocycles. The molecule has 0 spiro atoms. The Morgan fingerprint density at radius 1 is 0.781 bits per heavy atom. The first-order valence-corrected chi connectivity index (χ1v) is 8.69. The molecule has 32 heavy (non-hydrogen) atoms. The Bertz CT molecular complexity index is 564. The summed E-state index contributed by atoms with van der Waals surface area (Å²) in [5, 5.41) is 0. The van der Waals surface area contributed by atoms with E-state index in [4.69, 9.17) is 0 Å². The van der Waals surface area contributed by atoms with Crippen molar-refractivity contribution in [3.63, 3.8) is 0 Å². The first-order chi connectivity index (χ1) is 14.1. The summed E-state index contributed by atoms with van der Waals surface area (Å²) in [7, 11) is 0.589. The average molecular weight is 510 g/mol. The Kier molecular flexibility index (Phi) is 10.5. The molecule has 0 saturated carbocycles. The lowest BCUT2D eigenvalue weighted by atomic mass is 10.0. The summed E-state index contributed by atoms with van der Waals surface area (Å²) < 4.78 is 184. The van der Waals surface area contributed by atoms with Gasteiger partial charge in [-0.25, -0.2) is 26.9 Å². The Morgan fingerprint density at radius 3 is 1.66 bits per heavy atom. The average Bonchev–Trinajstić information content (AvgIpc) is 2.61. The molecule has 0 N–H and O–H groups in total. The third kappa shape index (κ3) is 8.35. The summed E-state index contributed by atoms with van der Waals surface area (Å²) in [5.41, 5.74) is -5.06. The van der Waals surface area contributed by atoms with Gasteiger partial charge in [0.15, 0.2) is 6.30 Å². The molecule has 0 fully saturated rings. The fraction of sp³-hybridized carbons (Fsp3) is 1.00. The molecule has 0 aliphatic heterocycles. The lowest BCUT2D eigenvalue weighted by Crippen LogP contribution is -2.59. The monoisotopic (exact) mass is 510 g/mol. The van der Waals surface area contributed by atoms with Crippen LogP contribution in [0.15, 0.2) is 0 Å². The molecular weight excluding hydrogens is 490 g/mol. The Morgan fingerprint density at radius 2 is 1.28 bits per heavy atom. The zero-order valence-electron chi connectivity index (χ0n) is 16.5. The summed E-state index contributed by atoms with van der Waals surface area (Å²) in [6.07, 6.45) is -26.1. The number of ether oxygens (including phenoxy) is 1. The fourth-order valence-electron chi connectivity index (χ4n) is 2.29. The molecular formula is C15H20F14N2O. The van der Waals surface area contributed by atoms with Crippen molar-refractivity contribution in [1.29, 1.82) is 0 Å². The number of hydrogen-bond donors (Lipinski definition) is 0. The van der Waals surface area contributed by atoms with Gasteiger partial charge >= 0.3 is 24.6 Å². The number of nitrogens with zero attached hydrogens (tertiary/aromatic N) is 2. The molecule has 0 aromatic carbocycles. The molecule has 3 nitrogen and oxygen atoms in total. The maximum Gasteiger partial charge on any atom is 0.459 e. The van der Waals surface area contributed by atoms with Crippen molar-refractivity contribution < 1.29 is 66.2 Å². The molecule has 0 bridgehead atoms. The van der Waals surface area contributed by atoms with E-state index in [0.717, 1.165) is 6.92 Å². The van der Waals surface area contributed by atoms with Gasteiger partial charge in [-0.15, -0.1) is 0 Å². The zero-order valence-corrected chi connectivity index (χ0v) is 16.5. The van der Waals surface area contributed by atoms with E-state index in [1.54, 1.807) is 0 Å². The van der Waals surface area contributed by atoms with E-state index in [-0.39, 0.29) is 9.80 Å². The van der Waals surface area contributed by atoms with Gasteiger partial charge in [-0.2, -0.15) is 39.5 Å². The van der Waals surface area contributed by atoms with Crippen LogP contribution in [0.5, 0.6) is 0 Å². The van der Waals surface area contributed by atoms with E-state index in [1.165, 1.54) is 0 Å². The molecule has 0 aromatic rings. The number of hydrogen-bond acceptors (Lipinski definition) is 3. The first-order valence-electron chi connectivity index (χ1n) is 8.69. The van der Waals surface area contributed by atoms with Crippen LogP contribution in [0.2, 0.25) is 0 Å². The number of rotatable bonds is 12. The molecule has 0 aliphatic rings. The second-order valence-electron chi connectivity index (χ2n) is 6.73. The normalized spacial score (nSPS) is 18.2. The lowest BCUT2D eigenvalue weighted by Gasteiger charge is -2.37. The molecule has 3 unspecified atom stereocenters. The van der Waals surface area contributed by atoms with Crippen molar-refractivity contribution in [2.45, 2.75) is 56.1 Å². The fourth-order valence-corrected chi connectivity index (χ4v) is 2.29. The predicted molar refractivity (Wildman–Crippen MR) is 82.1 cm³/mol. The maximum atomic E-state index is 14.5. The quantitative estimate of drug-likeness (QED) is 0.263. The van der Waals surface area contributed by atoms with Crippen molar-refractivity contribution in [3.8, 4) is 0 Å². The Balaban J connectivity index is 5.31. The van der Waals surface area contributed by atoms with Gasteiger partial charge < -0.3 is 4.74 Å². The summed E-state index contributed by atoms with van der Waals surface area (Å²) in [4.78, 5) is -0.0767. The van der Waals surface area contributed by atoms with Crippen LogP contribution in [0.3, 0.4) is 0 Å². The van der Waals surface area contributed by atoms with Crippen LogP contribution in [-0.2, 0) is 4.74 Å². The van der Waals surface area contributed by atoms with E-state index >= 15 is 0 Å². The lowest BCUT2D eigenvalue weighted by molar-refractivity contribution is -0.294. The van der Waals surface area contributed by atoms with Crippen LogP contribution in [0, 0.1) is 0 Å². The van der Waals surface area contributed by atoms with Gasteiger partial charge in [-0.1, -0.05) is 6.92 Å². The third-order valence-corrected chi connectivity index (χ3v) is 4.21. The van der Waals surface area contributed by atoms with E-state index in [2.05, 4.69) is 4.74 Å². The van der Waals surface area contributed by atoms with Crippen LogP contribution in [0.25, 0.3) is 0 Å². The van der Waals surface area contributed by atoms with Gasteiger partial charge in [0.25, 0.3) is 11.8 Å². The standard InChI is InChI=1S/C15H20F14N2O/c1-3-31(6-4-5-30(2)15(27,28)29)10(17)11(18,14(24,25)26)7-32-8-12(19,20)9(16)13(21,22)23/h9-10H,3-8H2,1-2H3. The number of halogens is 14. The van der Waals surface area contributed by atoms with Gasteiger partial charge in [-0.05, 0) is 20.0 Å². The van der Waals surface area contributed by atoms with Crippen molar-refractivity contribution in [2.75, 3.05) is 39.9 Å². The first kappa shape index (κ1) is 30.9. The second-order valence-corrected chi connectivity index (χ2v) is 6.73. The van der Waals surface area contributed by atoms with Crippen molar-refractivity contribution >= 4 is 0 Å². The molecule has 0 radical (unpaired) electrons. The third-order valence-electron chi connectivity index (χ3n) is 4.21. The molecule has 0 rings (SSSR count). The van der Waals surface area contributed by atoms with E-state index in [0.29, 0.717) is 7.05 Å². The summed E-state index contributed by atoms with van der Waals surface area (Å²) in [6.45, 7) is -6.51. The summed E-state index contributed by atoms with van der Waals surface area (Å²) in [6, 6.07) is 0. The van der Waals surface area contributed by atoms with E-state index in [9.17, 15) is 61.5 Å². The molecule has 194 valence electrons. The molecule has 0 amide bonds. The summed E-state index contributed by atoms with van der Waals surface area (Å²) >= 11 is 0. The SMILES string of the molecule is CCN(CCCN(C)C(F)(F)F)C(F)C(F)(COCC(F)(F)C(F)C(F)(F)F)C(F)(F)F. The zero-order chi connectivity index (χ0) is 25.8. The highest BCUT2D eigenvalue weighted by Gasteiger charge is 2.64. The predicted octanol–water partition coefficient (Wildman–Crippen LogP) is 5.27. The van der Waals surface area contributed by atoms with Crippen molar-refractivity contribution in [3.05, 3.63) is 0 Å². The van der Waals surface area contributed by atoms with Crippen LogP contribution in [0.1, 0.15) is 13.3 Å². The molecule has 0 heterocycles. The minimum absolute atomic E-state index is 0.104. The topological polar surface area (TPSA) is 15.7 Å². The largest absolute Gasteiger partial charge is 0.459 e. The van der Waals surface area contributed by atoms with Gasteiger partial charge in [-0.3, -0.25) is 4.90 Å². The van der Waals surface area contributed by atoms with Crippen LogP contribution >= 0.6 is 0 Å². The maximum absolute atomic E-state index is 14.5. The van der Waals surface area contributed by atoms with Crippen molar-refractivity contribution in [2.24, 2.45) is 0 Å². The van der Waals surface area contributed by atoms with Gasteiger partial charge in [0.1, 0.15) is 6.61 Å². The Labute approximate surface area is 173 Å². The minimum atomic E-state index is -6.13. The molecule has 3 atom stereocenters. The Hall–Kier alpha value is -1.10. The van der Waals surface area contributed by atoms with Crippen molar-refractivity contribution in [1.82, 2.24) is 9.80 Å². The van der Waals surface area contributed by atoms with E-state index in [1.807, 2.05) is 0 Å². The highest BCUT2D eigenvalue weighted by atomic mass is 19.4. The van der Waals surface area contributed by atoms with Crippen LogP contribution in [0.4, 0.5) is 61.5 Å². The second kappa shape index (κ2) is 10.9. The summed E-state index contributed by atoms with van der Waals surface area (Å²) in [5.74, 6) is -5.40. The highest BCUT2D eigenvalue weighted by Crippen LogP contribution is 2.41.